The van der Waals surface area contributed by atoms with E-state index in [1.54, 1.807) is 24.1 Å². The number of nitrogens with one attached hydrogen (secondary N) is 1. The highest BCUT2D eigenvalue weighted by Gasteiger charge is 2.19. The first kappa shape index (κ1) is 18.0. The SMILES string of the molecule is COc1ccc(C)cc1-n1ccc(C(=O)NCC(C)(C)CCO)n1. The average Bonchev–Trinajstić information content (AvgIpc) is 3.02. The highest BCUT2D eigenvalue weighted by Crippen LogP contribution is 2.23. The zero-order valence-corrected chi connectivity index (χ0v) is 14.7. The van der Waals surface area contributed by atoms with Crippen molar-refractivity contribution in [2.75, 3.05) is 20.3 Å². The standard InChI is InChI=1S/C18H25N3O3/c1-13-5-6-16(24-4)15(11-13)21-9-7-14(20-21)17(23)19-12-18(2,3)8-10-22/h5-7,9,11,22H,8,10,12H2,1-4H3,(H,19,23). The number of amides is 1. The van der Waals surface area contributed by atoms with Gasteiger partial charge in [0.2, 0.25) is 0 Å². The monoisotopic (exact) mass is 331 g/mol. The van der Waals surface area contributed by atoms with Gasteiger partial charge in [0.1, 0.15) is 11.4 Å². The Bertz CT molecular complexity index is 707. The molecule has 1 aromatic heterocycles. The summed E-state index contributed by atoms with van der Waals surface area (Å²) >= 11 is 0. The van der Waals surface area contributed by atoms with Gasteiger partial charge in [-0.3, -0.25) is 4.79 Å². The summed E-state index contributed by atoms with van der Waals surface area (Å²) in [4.78, 5) is 12.3. The van der Waals surface area contributed by atoms with E-state index in [1.165, 1.54) is 0 Å². The maximum atomic E-state index is 12.3. The number of aliphatic hydroxyl groups is 1. The first-order chi connectivity index (χ1) is 11.4. The topological polar surface area (TPSA) is 76.4 Å². The van der Waals surface area contributed by atoms with E-state index in [0.29, 0.717) is 24.4 Å². The highest BCUT2D eigenvalue weighted by atomic mass is 16.5. The number of aryl methyl sites for hydroxylation is 1. The molecule has 24 heavy (non-hydrogen) atoms. The predicted molar refractivity (Wildman–Crippen MR) is 92.7 cm³/mol. The van der Waals surface area contributed by atoms with Gasteiger partial charge in [-0.25, -0.2) is 4.68 Å². The molecule has 0 spiro atoms. The smallest absolute Gasteiger partial charge is 0.271 e. The van der Waals surface area contributed by atoms with Gasteiger partial charge in [0.15, 0.2) is 5.69 Å². The number of rotatable bonds is 7. The number of hydrogen-bond donors (Lipinski definition) is 2. The molecule has 1 aromatic carbocycles. The fraction of sp³-hybridized carbons (Fsp3) is 0.444. The van der Waals surface area contributed by atoms with Gasteiger partial charge in [-0.1, -0.05) is 19.9 Å². The van der Waals surface area contributed by atoms with Gasteiger partial charge in [-0.05, 0) is 42.5 Å². The van der Waals surface area contributed by atoms with Crippen molar-refractivity contribution in [2.45, 2.75) is 27.2 Å². The maximum Gasteiger partial charge on any atom is 0.271 e. The minimum absolute atomic E-state index is 0.102. The number of methoxy groups -OCH3 is 1. The minimum atomic E-state index is -0.230. The Morgan fingerprint density at radius 1 is 1.38 bits per heavy atom. The molecule has 0 radical (unpaired) electrons. The van der Waals surface area contributed by atoms with E-state index < -0.39 is 0 Å². The Morgan fingerprint density at radius 2 is 2.12 bits per heavy atom. The van der Waals surface area contributed by atoms with E-state index in [4.69, 9.17) is 9.84 Å². The molecule has 0 saturated heterocycles. The molecule has 0 fully saturated rings. The van der Waals surface area contributed by atoms with Gasteiger partial charge in [0.05, 0.1) is 7.11 Å². The zero-order valence-electron chi connectivity index (χ0n) is 14.7. The Morgan fingerprint density at radius 3 is 2.79 bits per heavy atom. The highest BCUT2D eigenvalue weighted by molar-refractivity contribution is 5.92. The van der Waals surface area contributed by atoms with E-state index in [1.807, 2.05) is 39.0 Å². The van der Waals surface area contributed by atoms with Gasteiger partial charge in [-0.2, -0.15) is 5.10 Å². The first-order valence-electron chi connectivity index (χ1n) is 7.96. The number of aromatic nitrogens is 2. The fourth-order valence-electron chi connectivity index (χ4n) is 2.36. The second-order valence-electron chi connectivity index (χ2n) is 6.64. The number of ether oxygens (including phenoxy) is 1. The summed E-state index contributed by atoms with van der Waals surface area (Å²) in [6.07, 6.45) is 2.37. The fourth-order valence-corrected chi connectivity index (χ4v) is 2.36. The minimum Gasteiger partial charge on any atom is -0.494 e. The molecule has 2 rings (SSSR count). The van der Waals surface area contributed by atoms with E-state index in [-0.39, 0.29) is 17.9 Å². The second kappa shape index (κ2) is 7.49. The van der Waals surface area contributed by atoms with Crippen molar-refractivity contribution in [3.8, 4) is 11.4 Å². The number of benzene rings is 1. The van der Waals surface area contributed by atoms with Gasteiger partial charge in [0, 0.05) is 19.3 Å². The molecule has 2 N–H and O–H groups in total. The van der Waals surface area contributed by atoms with Crippen molar-refractivity contribution in [3.63, 3.8) is 0 Å². The van der Waals surface area contributed by atoms with Crippen LogP contribution < -0.4 is 10.1 Å². The molecule has 6 nitrogen and oxygen atoms in total. The lowest BCUT2D eigenvalue weighted by Gasteiger charge is -2.23. The van der Waals surface area contributed by atoms with E-state index in [2.05, 4.69) is 10.4 Å². The molecule has 130 valence electrons. The van der Waals surface area contributed by atoms with Gasteiger partial charge >= 0.3 is 0 Å². The van der Waals surface area contributed by atoms with Crippen molar-refractivity contribution >= 4 is 5.91 Å². The summed E-state index contributed by atoms with van der Waals surface area (Å²) in [6, 6.07) is 7.47. The lowest BCUT2D eigenvalue weighted by molar-refractivity contribution is 0.0922. The molecular formula is C18H25N3O3. The van der Waals surface area contributed by atoms with Crippen molar-refractivity contribution in [1.29, 1.82) is 0 Å². The third-order valence-corrected chi connectivity index (χ3v) is 3.92. The summed E-state index contributed by atoms with van der Waals surface area (Å²) in [5, 5.41) is 16.3. The van der Waals surface area contributed by atoms with E-state index in [0.717, 1.165) is 11.3 Å². The quantitative estimate of drug-likeness (QED) is 0.816. The molecule has 6 heteroatoms. The molecule has 1 heterocycles. The van der Waals surface area contributed by atoms with Gasteiger partial charge in [0.25, 0.3) is 5.91 Å². The summed E-state index contributed by atoms with van der Waals surface area (Å²) in [6.45, 7) is 6.57. The lowest BCUT2D eigenvalue weighted by atomic mass is 9.90. The Hall–Kier alpha value is -2.34. The summed E-state index contributed by atoms with van der Waals surface area (Å²) in [5.41, 5.74) is 2.06. The largest absolute Gasteiger partial charge is 0.494 e. The first-order valence-corrected chi connectivity index (χ1v) is 7.96. The van der Waals surface area contributed by atoms with Crippen molar-refractivity contribution < 1.29 is 14.6 Å². The van der Waals surface area contributed by atoms with Crippen molar-refractivity contribution in [3.05, 3.63) is 41.7 Å². The molecule has 0 bridgehead atoms. The third-order valence-electron chi connectivity index (χ3n) is 3.92. The second-order valence-corrected chi connectivity index (χ2v) is 6.64. The molecule has 0 saturated carbocycles. The van der Waals surface area contributed by atoms with Crippen LogP contribution in [0.25, 0.3) is 5.69 Å². The van der Waals surface area contributed by atoms with E-state index in [9.17, 15) is 4.79 Å². The molecule has 0 aliphatic heterocycles. The van der Waals surface area contributed by atoms with Crippen LogP contribution in [0.2, 0.25) is 0 Å². The Balaban J connectivity index is 2.13. The van der Waals surface area contributed by atoms with Crippen LogP contribution in [-0.4, -0.2) is 41.1 Å². The third kappa shape index (κ3) is 4.35. The lowest BCUT2D eigenvalue weighted by Crippen LogP contribution is -2.34. The average molecular weight is 331 g/mol. The molecule has 2 aromatic rings. The number of nitrogens with zero attached hydrogens (tertiary/aromatic N) is 2. The summed E-state index contributed by atoms with van der Waals surface area (Å²) < 4.78 is 7.00. The molecule has 1 amide bonds. The number of carbonyl (C=O) groups is 1. The predicted octanol–water partition coefficient (Wildman–Crippen LogP) is 2.33. The molecule has 0 aliphatic rings. The summed E-state index contributed by atoms with van der Waals surface area (Å²) in [7, 11) is 1.61. The van der Waals surface area contributed by atoms with Crippen LogP contribution in [0, 0.1) is 12.3 Å². The molecule has 0 aliphatic carbocycles. The van der Waals surface area contributed by atoms with Crippen LogP contribution in [0.3, 0.4) is 0 Å². The van der Waals surface area contributed by atoms with E-state index >= 15 is 0 Å². The molecular weight excluding hydrogens is 306 g/mol. The van der Waals surface area contributed by atoms with Crippen molar-refractivity contribution in [1.82, 2.24) is 15.1 Å². The zero-order chi connectivity index (χ0) is 17.7. The van der Waals surface area contributed by atoms with Crippen LogP contribution in [0.15, 0.2) is 30.5 Å². The molecule has 0 unspecified atom stereocenters. The van der Waals surface area contributed by atoms with Crippen LogP contribution >= 0.6 is 0 Å². The van der Waals surface area contributed by atoms with Crippen molar-refractivity contribution in [2.24, 2.45) is 5.41 Å². The van der Waals surface area contributed by atoms with Gasteiger partial charge in [-0.15, -0.1) is 0 Å². The normalized spacial score (nSPS) is 11.4. The van der Waals surface area contributed by atoms with Crippen LogP contribution in [0.1, 0.15) is 36.3 Å². The van der Waals surface area contributed by atoms with Gasteiger partial charge < -0.3 is 15.2 Å². The summed E-state index contributed by atoms with van der Waals surface area (Å²) in [5.74, 6) is 0.464. The molecule has 0 atom stereocenters. The number of carbonyl (C=O) groups excluding carboxylic acids is 1. The van der Waals surface area contributed by atoms with Crippen LogP contribution in [-0.2, 0) is 0 Å². The Labute approximate surface area is 142 Å². The number of aliphatic hydroxyl groups excluding tert-OH is 1. The Kier molecular flexibility index (Phi) is 5.62. The van der Waals surface area contributed by atoms with Crippen LogP contribution in [0.4, 0.5) is 0 Å². The number of hydrogen-bond acceptors (Lipinski definition) is 4. The van der Waals surface area contributed by atoms with Crippen LogP contribution in [0.5, 0.6) is 5.75 Å². The maximum absolute atomic E-state index is 12.3.